The molecule has 1 aliphatic rings. The van der Waals surface area contributed by atoms with Crippen LogP contribution in [0.2, 0.25) is 0 Å². The average molecular weight is 240 g/mol. The van der Waals surface area contributed by atoms with Gasteiger partial charge in [-0.1, -0.05) is 0 Å². The summed E-state index contributed by atoms with van der Waals surface area (Å²) in [5.41, 5.74) is 7.37. The molecule has 5 heteroatoms. The van der Waals surface area contributed by atoms with E-state index in [1.165, 1.54) is 0 Å². The summed E-state index contributed by atoms with van der Waals surface area (Å²) in [6, 6.07) is 4.49. The number of aryl methyl sites for hydroxylation is 1. The van der Waals surface area contributed by atoms with Gasteiger partial charge in [0.25, 0.3) is 11.8 Å². The van der Waals surface area contributed by atoms with Gasteiger partial charge in [-0.25, -0.2) is 8.78 Å². The molecular formula is C12H14F2N2O. The van der Waals surface area contributed by atoms with Gasteiger partial charge in [-0.3, -0.25) is 4.79 Å². The number of carbonyl (C=O) groups is 1. The standard InChI is InChI=1S/C12H14F2N2O/c1-7-4-8(15)2-3-10(7)11(17)16-9-5-12(13,14)6-9/h2-4,9H,5-6,15H2,1H3,(H,16,17). The fraction of sp³-hybridized carbons (Fsp3) is 0.417. The van der Waals surface area contributed by atoms with Crippen molar-refractivity contribution in [3.05, 3.63) is 29.3 Å². The number of amides is 1. The first-order valence-electron chi connectivity index (χ1n) is 5.42. The lowest BCUT2D eigenvalue weighted by molar-refractivity contribution is -0.0901. The van der Waals surface area contributed by atoms with Crippen molar-refractivity contribution in [1.82, 2.24) is 5.32 Å². The van der Waals surface area contributed by atoms with Crippen molar-refractivity contribution in [2.45, 2.75) is 31.7 Å². The quantitative estimate of drug-likeness (QED) is 0.778. The smallest absolute Gasteiger partial charge is 0.252 e. The van der Waals surface area contributed by atoms with Gasteiger partial charge in [-0.2, -0.15) is 0 Å². The van der Waals surface area contributed by atoms with E-state index in [-0.39, 0.29) is 18.7 Å². The first-order valence-corrected chi connectivity index (χ1v) is 5.42. The van der Waals surface area contributed by atoms with Gasteiger partial charge in [-0.05, 0) is 30.7 Å². The second-order valence-corrected chi connectivity index (χ2v) is 4.51. The van der Waals surface area contributed by atoms with Crippen LogP contribution in [-0.4, -0.2) is 17.9 Å². The van der Waals surface area contributed by atoms with Gasteiger partial charge in [0.1, 0.15) is 0 Å². The highest BCUT2D eigenvalue weighted by Crippen LogP contribution is 2.37. The number of halogens is 2. The molecule has 1 amide bonds. The molecular weight excluding hydrogens is 226 g/mol. The predicted octanol–water partition coefficient (Wildman–Crippen LogP) is 2.10. The molecule has 0 heterocycles. The lowest BCUT2D eigenvalue weighted by atomic mass is 9.88. The maximum atomic E-state index is 12.6. The van der Waals surface area contributed by atoms with Crippen molar-refractivity contribution < 1.29 is 13.6 Å². The fourth-order valence-corrected chi connectivity index (χ4v) is 1.97. The largest absolute Gasteiger partial charge is 0.399 e. The number of benzene rings is 1. The number of hydrogen-bond acceptors (Lipinski definition) is 2. The second-order valence-electron chi connectivity index (χ2n) is 4.51. The summed E-state index contributed by atoms with van der Waals surface area (Å²) in [5, 5.41) is 2.59. The van der Waals surface area contributed by atoms with Gasteiger partial charge in [0.05, 0.1) is 0 Å². The molecule has 2 rings (SSSR count). The van der Waals surface area contributed by atoms with Crippen LogP contribution in [0.5, 0.6) is 0 Å². The van der Waals surface area contributed by atoms with E-state index in [2.05, 4.69) is 5.32 Å². The number of hydrogen-bond donors (Lipinski definition) is 2. The predicted molar refractivity (Wildman–Crippen MR) is 61.0 cm³/mol. The molecule has 1 aliphatic carbocycles. The highest BCUT2D eigenvalue weighted by atomic mass is 19.3. The van der Waals surface area contributed by atoms with Gasteiger partial charge in [-0.15, -0.1) is 0 Å². The third-order valence-electron chi connectivity index (χ3n) is 2.92. The molecule has 3 nitrogen and oxygen atoms in total. The molecule has 0 aromatic heterocycles. The lowest BCUT2D eigenvalue weighted by Gasteiger charge is -2.35. The number of rotatable bonds is 2. The summed E-state index contributed by atoms with van der Waals surface area (Å²) in [5.74, 6) is -2.93. The van der Waals surface area contributed by atoms with Crippen LogP contribution in [0.15, 0.2) is 18.2 Å². The van der Waals surface area contributed by atoms with E-state index in [1.54, 1.807) is 25.1 Å². The minimum atomic E-state index is -2.62. The molecule has 1 saturated carbocycles. The summed E-state index contributed by atoms with van der Waals surface area (Å²) < 4.78 is 25.2. The van der Waals surface area contributed by atoms with Crippen LogP contribution in [0.1, 0.15) is 28.8 Å². The molecule has 0 radical (unpaired) electrons. The van der Waals surface area contributed by atoms with Crippen LogP contribution >= 0.6 is 0 Å². The molecule has 3 N–H and O–H groups in total. The Balaban J connectivity index is 2.01. The van der Waals surface area contributed by atoms with Crippen LogP contribution in [0.4, 0.5) is 14.5 Å². The van der Waals surface area contributed by atoms with Crippen LogP contribution in [0.25, 0.3) is 0 Å². The molecule has 0 unspecified atom stereocenters. The van der Waals surface area contributed by atoms with E-state index in [0.29, 0.717) is 11.3 Å². The topological polar surface area (TPSA) is 55.1 Å². The van der Waals surface area contributed by atoms with Crippen molar-refractivity contribution in [3.63, 3.8) is 0 Å². The molecule has 17 heavy (non-hydrogen) atoms. The van der Waals surface area contributed by atoms with E-state index in [0.717, 1.165) is 5.56 Å². The van der Waals surface area contributed by atoms with Crippen molar-refractivity contribution in [2.75, 3.05) is 5.73 Å². The van der Waals surface area contributed by atoms with Crippen LogP contribution in [0, 0.1) is 6.92 Å². The minimum absolute atomic E-state index is 0.271. The first kappa shape index (κ1) is 11.8. The highest BCUT2D eigenvalue weighted by Gasteiger charge is 2.45. The van der Waals surface area contributed by atoms with E-state index < -0.39 is 12.0 Å². The summed E-state index contributed by atoms with van der Waals surface area (Å²) in [6.45, 7) is 1.76. The van der Waals surface area contributed by atoms with E-state index in [4.69, 9.17) is 5.73 Å². The van der Waals surface area contributed by atoms with Crippen molar-refractivity contribution in [2.24, 2.45) is 0 Å². The molecule has 0 spiro atoms. The molecule has 1 fully saturated rings. The third kappa shape index (κ3) is 2.54. The zero-order valence-electron chi connectivity index (χ0n) is 9.47. The Bertz CT molecular complexity index is 452. The monoisotopic (exact) mass is 240 g/mol. The van der Waals surface area contributed by atoms with Crippen LogP contribution in [0.3, 0.4) is 0 Å². The van der Waals surface area contributed by atoms with Crippen molar-refractivity contribution in [1.29, 1.82) is 0 Å². The maximum absolute atomic E-state index is 12.6. The number of carbonyl (C=O) groups excluding carboxylic acids is 1. The number of nitrogen functional groups attached to an aromatic ring is 1. The highest BCUT2D eigenvalue weighted by molar-refractivity contribution is 5.96. The Morgan fingerprint density at radius 2 is 2.12 bits per heavy atom. The normalized spacial score (nSPS) is 18.5. The van der Waals surface area contributed by atoms with Gasteiger partial charge in [0.15, 0.2) is 0 Å². The van der Waals surface area contributed by atoms with Crippen LogP contribution in [-0.2, 0) is 0 Å². The molecule has 0 atom stereocenters. The Morgan fingerprint density at radius 3 is 2.65 bits per heavy atom. The SMILES string of the molecule is Cc1cc(N)ccc1C(=O)NC1CC(F)(F)C1. The van der Waals surface area contributed by atoms with Gasteiger partial charge in [0.2, 0.25) is 0 Å². The Kier molecular flexibility index (Phi) is 2.77. The number of alkyl halides is 2. The van der Waals surface area contributed by atoms with Gasteiger partial charge in [0, 0.05) is 30.1 Å². The number of nitrogens with two attached hydrogens (primary N) is 1. The number of nitrogens with one attached hydrogen (secondary N) is 1. The molecule has 92 valence electrons. The average Bonchev–Trinajstić information content (AvgIpc) is 2.14. The van der Waals surface area contributed by atoms with Crippen molar-refractivity contribution >= 4 is 11.6 Å². The summed E-state index contributed by atoms with van der Waals surface area (Å²) >= 11 is 0. The molecule has 1 aromatic carbocycles. The summed E-state index contributed by atoms with van der Waals surface area (Å²) in [7, 11) is 0. The van der Waals surface area contributed by atoms with Gasteiger partial charge >= 0.3 is 0 Å². The maximum Gasteiger partial charge on any atom is 0.252 e. The van der Waals surface area contributed by atoms with E-state index >= 15 is 0 Å². The molecule has 1 aromatic rings. The first-order chi connectivity index (χ1) is 7.87. The Labute approximate surface area is 98.0 Å². The minimum Gasteiger partial charge on any atom is -0.399 e. The molecule has 0 saturated heterocycles. The van der Waals surface area contributed by atoms with Crippen molar-refractivity contribution in [3.8, 4) is 0 Å². The van der Waals surface area contributed by atoms with Gasteiger partial charge < -0.3 is 11.1 Å². The third-order valence-corrected chi connectivity index (χ3v) is 2.92. The Morgan fingerprint density at radius 1 is 1.47 bits per heavy atom. The lowest BCUT2D eigenvalue weighted by Crippen LogP contribution is -2.50. The zero-order valence-corrected chi connectivity index (χ0v) is 9.47. The molecule has 0 aliphatic heterocycles. The second kappa shape index (κ2) is 3.98. The number of anilines is 1. The molecule has 0 bridgehead atoms. The Hall–Kier alpha value is -1.65. The summed E-state index contributed by atoms with van der Waals surface area (Å²) in [4.78, 5) is 11.8. The van der Waals surface area contributed by atoms with E-state index in [1.807, 2.05) is 0 Å². The van der Waals surface area contributed by atoms with E-state index in [9.17, 15) is 13.6 Å². The fourth-order valence-electron chi connectivity index (χ4n) is 1.97. The van der Waals surface area contributed by atoms with Crippen LogP contribution < -0.4 is 11.1 Å². The summed E-state index contributed by atoms with van der Waals surface area (Å²) in [6.07, 6.45) is -0.542. The zero-order chi connectivity index (χ0) is 12.6.